The number of hydrogen-bond acceptors (Lipinski definition) is 7. The van der Waals surface area contributed by atoms with E-state index in [1.165, 1.54) is 6.33 Å². The van der Waals surface area contributed by atoms with Gasteiger partial charge in [-0.05, 0) is 32.6 Å². The van der Waals surface area contributed by atoms with Gasteiger partial charge in [-0.1, -0.05) is 0 Å². The fourth-order valence-corrected chi connectivity index (χ4v) is 4.90. The van der Waals surface area contributed by atoms with Gasteiger partial charge in [0.1, 0.15) is 12.1 Å². The van der Waals surface area contributed by atoms with E-state index in [2.05, 4.69) is 20.8 Å². The Morgan fingerprint density at radius 2 is 2.17 bits per heavy atom. The fraction of sp³-hybridized carbons (Fsp3) is 0.800. The number of nitrogens with one attached hydrogen (secondary N) is 2. The van der Waals surface area contributed by atoms with Gasteiger partial charge in [-0.25, -0.2) is 24.2 Å². The maximum absolute atomic E-state index is 13.8. The highest BCUT2D eigenvalue weighted by molar-refractivity contribution is 5.41. The van der Waals surface area contributed by atoms with Crippen molar-refractivity contribution in [3.8, 4) is 0 Å². The number of hydrazine groups is 1. The first-order chi connectivity index (χ1) is 13.9. The average Bonchev–Trinajstić information content (AvgIpc) is 3.11. The quantitative estimate of drug-likeness (QED) is 0.745. The molecular weight excluding hydrogens is 380 g/mol. The number of alkyl halides is 2. The normalized spacial score (nSPS) is 32.8. The molecule has 2 saturated heterocycles. The van der Waals surface area contributed by atoms with E-state index >= 15 is 0 Å². The first kappa shape index (κ1) is 20.8. The van der Waals surface area contributed by atoms with E-state index in [1.54, 1.807) is 12.0 Å². The molecule has 1 aromatic rings. The lowest BCUT2D eigenvalue weighted by Gasteiger charge is -2.35. The second kappa shape index (κ2) is 8.75. The Morgan fingerprint density at radius 3 is 2.97 bits per heavy atom. The molecule has 4 unspecified atom stereocenters. The Kier molecular flexibility index (Phi) is 6.29. The zero-order chi connectivity index (χ0) is 20.4. The van der Waals surface area contributed by atoms with E-state index in [-0.39, 0.29) is 31.2 Å². The second-order valence-electron chi connectivity index (χ2n) is 8.56. The summed E-state index contributed by atoms with van der Waals surface area (Å²) in [4.78, 5) is 10.4. The molecule has 3 heterocycles. The summed E-state index contributed by atoms with van der Waals surface area (Å²) in [6, 6.07) is 2.23. The number of methoxy groups -OCH3 is 1. The standard InChI is InChI=1S/C20H31F2N5O2/c1-13(10-28-2)29-14-4-5-16-15(8-14)19(26-25-16)17-9-18(24-12-23-17)27-7-3-6-20(21,22)11-27/h9,12-16,19,25-26H,3-8,10-11H2,1-2H3/t13-,14?,15?,16?,19?/m0/s1. The molecule has 0 amide bonds. The molecule has 2 N–H and O–H groups in total. The van der Waals surface area contributed by atoms with Crippen molar-refractivity contribution in [1.82, 2.24) is 20.8 Å². The van der Waals surface area contributed by atoms with Crippen molar-refractivity contribution in [3.63, 3.8) is 0 Å². The Balaban J connectivity index is 1.45. The molecule has 162 valence electrons. The minimum atomic E-state index is -2.66. The van der Waals surface area contributed by atoms with Crippen LogP contribution in [0.2, 0.25) is 0 Å². The Morgan fingerprint density at radius 1 is 1.31 bits per heavy atom. The Bertz CT molecular complexity index is 695. The van der Waals surface area contributed by atoms with E-state index in [0.717, 1.165) is 25.0 Å². The van der Waals surface area contributed by atoms with Gasteiger partial charge in [0.15, 0.2) is 0 Å². The summed E-state index contributed by atoms with van der Waals surface area (Å²) in [7, 11) is 1.68. The third kappa shape index (κ3) is 4.84. The van der Waals surface area contributed by atoms with Gasteiger partial charge in [0.05, 0.1) is 37.1 Å². The Hall–Kier alpha value is -1.42. The van der Waals surface area contributed by atoms with Crippen LogP contribution in [0, 0.1) is 5.92 Å². The minimum Gasteiger partial charge on any atom is -0.382 e. The first-order valence-electron chi connectivity index (χ1n) is 10.6. The number of hydrogen-bond donors (Lipinski definition) is 2. The second-order valence-corrected chi connectivity index (χ2v) is 8.56. The highest BCUT2D eigenvalue weighted by Gasteiger charge is 2.42. The molecule has 1 saturated carbocycles. The van der Waals surface area contributed by atoms with Crippen LogP contribution in [0.5, 0.6) is 0 Å². The third-order valence-electron chi connectivity index (χ3n) is 6.24. The van der Waals surface area contributed by atoms with E-state index in [4.69, 9.17) is 9.47 Å². The topological polar surface area (TPSA) is 71.5 Å². The molecule has 1 aromatic heterocycles. The van der Waals surface area contributed by atoms with Crippen LogP contribution in [0.4, 0.5) is 14.6 Å². The number of rotatable bonds is 6. The van der Waals surface area contributed by atoms with Crippen molar-refractivity contribution in [2.24, 2.45) is 5.92 Å². The molecule has 9 heteroatoms. The summed E-state index contributed by atoms with van der Waals surface area (Å²) in [5, 5.41) is 0. The molecule has 3 fully saturated rings. The van der Waals surface area contributed by atoms with Crippen molar-refractivity contribution in [2.45, 2.75) is 69.2 Å². The number of halogens is 2. The van der Waals surface area contributed by atoms with Gasteiger partial charge in [0, 0.05) is 38.1 Å². The molecule has 29 heavy (non-hydrogen) atoms. The highest BCUT2D eigenvalue weighted by atomic mass is 19.3. The first-order valence-corrected chi connectivity index (χ1v) is 10.6. The van der Waals surface area contributed by atoms with Crippen LogP contribution in [0.1, 0.15) is 50.8 Å². The van der Waals surface area contributed by atoms with Crippen molar-refractivity contribution in [2.75, 3.05) is 31.7 Å². The third-order valence-corrected chi connectivity index (χ3v) is 6.24. The smallest absolute Gasteiger partial charge is 0.265 e. The summed E-state index contributed by atoms with van der Waals surface area (Å²) < 4.78 is 39.0. The van der Waals surface area contributed by atoms with Gasteiger partial charge < -0.3 is 14.4 Å². The van der Waals surface area contributed by atoms with E-state index in [1.807, 2.05) is 13.0 Å². The predicted octanol–water partition coefficient (Wildman–Crippen LogP) is 2.45. The van der Waals surface area contributed by atoms with Crippen LogP contribution >= 0.6 is 0 Å². The van der Waals surface area contributed by atoms with Gasteiger partial charge in [0.25, 0.3) is 5.92 Å². The number of aromatic nitrogens is 2. The van der Waals surface area contributed by atoms with Gasteiger partial charge in [0.2, 0.25) is 0 Å². The van der Waals surface area contributed by atoms with Crippen molar-refractivity contribution < 1.29 is 18.3 Å². The monoisotopic (exact) mass is 411 g/mol. The van der Waals surface area contributed by atoms with Crippen molar-refractivity contribution >= 4 is 5.82 Å². The molecule has 2 aliphatic heterocycles. The highest BCUT2D eigenvalue weighted by Crippen LogP contribution is 2.39. The molecule has 5 atom stereocenters. The molecule has 7 nitrogen and oxygen atoms in total. The van der Waals surface area contributed by atoms with Gasteiger partial charge >= 0.3 is 0 Å². The van der Waals surface area contributed by atoms with Crippen LogP contribution in [0.25, 0.3) is 0 Å². The van der Waals surface area contributed by atoms with Crippen LogP contribution in [0.3, 0.4) is 0 Å². The van der Waals surface area contributed by atoms with Crippen LogP contribution < -0.4 is 15.8 Å². The lowest BCUT2D eigenvalue weighted by Crippen LogP contribution is -2.43. The Labute approximate surface area is 170 Å². The molecule has 1 aliphatic carbocycles. The number of nitrogens with zero attached hydrogens (tertiary/aromatic N) is 3. The number of piperidine rings is 1. The van der Waals surface area contributed by atoms with Crippen molar-refractivity contribution in [1.29, 1.82) is 0 Å². The van der Waals surface area contributed by atoms with Crippen LogP contribution in [-0.2, 0) is 9.47 Å². The van der Waals surface area contributed by atoms with Gasteiger partial charge in [-0.3, -0.25) is 5.43 Å². The van der Waals surface area contributed by atoms with Gasteiger partial charge in [-0.15, -0.1) is 0 Å². The van der Waals surface area contributed by atoms with E-state index < -0.39 is 5.92 Å². The van der Waals surface area contributed by atoms with E-state index in [9.17, 15) is 8.78 Å². The maximum Gasteiger partial charge on any atom is 0.265 e. The summed E-state index contributed by atoms with van der Waals surface area (Å²) in [5.41, 5.74) is 7.61. The van der Waals surface area contributed by atoms with Crippen LogP contribution in [-0.4, -0.2) is 60.9 Å². The summed E-state index contributed by atoms with van der Waals surface area (Å²) in [6.45, 7) is 2.93. The number of ether oxygens (including phenoxy) is 2. The zero-order valence-corrected chi connectivity index (χ0v) is 17.1. The lowest BCUT2D eigenvalue weighted by molar-refractivity contribution is -0.0623. The average molecular weight is 411 g/mol. The molecule has 0 bridgehead atoms. The fourth-order valence-electron chi connectivity index (χ4n) is 4.90. The molecule has 3 aliphatic rings. The predicted molar refractivity (Wildman–Crippen MR) is 105 cm³/mol. The number of anilines is 1. The van der Waals surface area contributed by atoms with Gasteiger partial charge in [-0.2, -0.15) is 0 Å². The zero-order valence-electron chi connectivity index (χ0n) is 17.1. The summed E-state index contributed by atoms with van der Waals surface area (Å²) >= 11 is 0. The molecular formula is C20H31F2N5O2. The largest absolute Gasteiger partial charge is 0.382 e. The minimum absolute atomic E-state index is 0.0104. The SMILES string of the molecule is COC[C@H](C)OC1CCC2NNC(c3cc(N4CCCC(F)(F)C4)ncn3)C2C1. The summed E-state index contributed by atoms with van der Waals surface area (Å²) in [6.07, 6.45) is 5.11. The molecule has 0 spiro atoms. The molecule has 4 rings (SSSR count). The summed E-state index contributed by atoms with van der Waals surface area (Å²) in [5.74, 6) is -1.75. The molecule has 0 aromatic carbocycles. The van der Waals surface area contributed by atoms with E-state index in [0.29, 0.717) is 37.4 Å². The molecule has 0 radical (unpaired) electrons. The maximum atomic E-state index is 13.8. The van der Waals surface area contributed by atoms with Crippen LogP contribution in [0.15, 0.2) is 12.4 Å². The lowest BCUT2D eigenvalue weighted by atomic mass is 9.79. The number of fused-ring (bicyclic) bond motifs is 1. The van der Waals surface area contributed by atoms with Crippen molar-refractivity contribution in [3.05, 3.63) is 18.1 Å².